The molecule has 0 aliphatic carbocycles. The smallest absolute Gasteiger partial charge is 0.161 e. The molecule has 106 valence electrons. The Morgan fingerprint density at radius 3 is 2.84 bits per heavy atom. The summed E-state index contributed by atoms with van der Waals surface area (Å²) in [6.07, 6.45) is 1.07. The van der Waals surface area contributed by atoms with E-state index in [1.165, 1.54) is 0 Å². The molecule has 1 fully saturated rings. The van der Waals surface area contributed by atoms with Gasteiger partial charge in [0.15, 0.2) is 5.82 Å². The van der Waals surface area contributed by atoms with Gasteiger partial charge in [-0.1, -0.05) is 6.92 Å². The SMILES string of the molecule is CCCNc1nc(C2CN(C)CCO2)nc(C)c1C. The maximum Gasteiger partial charge on any atom is 0.161 e. The lowest BCUT2D eigenvalue weighted by Gasteiger charge is -2.29. The van der Waals surface area contributed by atoms with Crippen molar-refractivity contribution in [2.24, 2.45) is 0 Å². The van der Waals surface area contributed by atoms with E-state index in [1.807, 2.05) is 6.92 Å². The Hall–Kier alpha value is -1.20. The van der Waals surface area contributed by atoms with Crippen molar-refractivity contribution in [2.75, 3.05) is 38.6 Å². The molecule has 2 heterocycles. The van der Waals surface area contributed by atoms with Gasteiger partial charge in [-0.25, -0.2) is 9.97 Å². The summed E-state index contributed by atoms with van der Waals surface area (Å²) in [6.45, 7) is 9.75. The van der Waals surface area contributed by atoms with Gasteiger partial charge in [-0.2, -0.15) is 0 Å². The number of rotatable bonds is 4. The fourth-order valence-corrected chi connectivity index (χ4v) is 2.14. The van der Waals surface area contributed by atoms with Gasteiger partial charge in [-0.15, -0.1) is 0 Å². The Morgan fingerprint density at radius 2 is 2.16 bits per heavy atom. The number of ether oxygens (including phenoxy) is 1. The van der Waals surface area contributed by atoms with Crippen LogP contribution in [0.4, 0.5) is 5.82 Å². The van der Waals surface area contributed by atoms with E-state index in [-0.39, 0.29) is 6.10 Å². The first kappa shape index (κ1) is 14.2. The molecule has 0 saturated carbocycles. The van der Waals surface area contributed by atoms with Crippen LogP contribution in [-0.2, 0) is 4.74 Å². The Labute approximate surface area is 115 Å². The minimum atomic E-state index is -0.0137. The lowest BCUT2D eigenvalue weighted by Crippen LogP contribution is -2.36. The fourth-order valence-electron chi connectivity index (χ4n) is 2.14. The predicted octanol–water partition coefficient (Wildman–Crippen LogP) is 1.92. The highest BCUT2D eigenvalue weighted by molar-refractivity contribution is 5.45. The van der Waals surface area contributed by atoms with Crippen molar-refractivity contribution in [3.8, 4) is 0 Å². The molecule has 1 unspecified atom stereocenters. The number of anilines is 1. The van der Waals surface area contributed by atoms with Gasteiger partial charge in [0.25, 0.3) is 0 Å². The topological polar surface area (TPSA) is 50.3 Å². The van der Waals surface area contributed by atoms with E-state index in [0.29, 0.717) is 0 Å². The van der Waals surface area contributed by atoms with Crippen LogP contribution in [0.3, 0.4) is 0 Å². The lowest BCUT2D eigenvalue weighted by atomic mass is 10.2. The van der Waals surface area contributed by atoms with Crippen LogP contribution in [0.2, 0.25) is 0 Å². The summed E-state index contributed by atoms with van der Waals surface area (Å²) in [6, 6.07) is 0. The van der Waals surface area contributed by atoms with E-state index in [0.717, 1.165) is 55.6 Å². The van der Waals surface area contributed by atoms with E-state index < -0.39 is 0 Å². The molecule has 19 heavy (non-hydrogen) atoms. The molecule has 0 bridgehead atoms. The second-order valence-electron chi connectivity index (χ2n) is 5.19. The van der Waals surface area contributed by atoms with Crippen LogP contribution in [-0.4, -0.2) is 48.2 Å². The van der Waals surface area contributed by atoms with Crippen LogP contribution in [0.5, 0.6) is 0 Å². The van der Waals surface area contributed by atoms with Crippen molar-refractivity contribution in [1.29, 1.82) is 0 Å². The second-order valence-corrected chi connectivity index (χ2v) is 5.19. The monoisotopic (exact) mass is 264 g/mol. The van der Waals surface area contributed by atoms with E-state index in [2.05, 4.69) is 41.1 Å². The Balaban J connectivity index is 2.22. The van der Waals surface area contributed by atoms with Crippen molar-refractivity contribution in [3.63, 3.8) is 0 Å². The highest BCUT2D eigenvalue weighted by Crippen LogP contribution is 2.22. The molecule has 1 N–H and O–H groups in total. The number of likely N-dealkylation sites (N-methyl/N-ethyl adjacent to an activating group) is 1. The fraction of sp³-hybridized carbons (Fsp3) is 0.714. The highest BCUT2D eigenvalue weighted by Gasteiger charge is 2.23. The van der Waals surface area contributed by atoms with E-state index in [9.17, 15) is 0 Å². The van der Waals surface area contributed by atoms with Gasteiger partial charge >= 0.3 is 0 Å². The molecule has 0 spiro atoms. The van der Waals surface area contributed by atoms with Crippen LogP contribution in [0.25, 0.3) is 0 Å². The number of aromatic nitrogens is 2. The molecule has 1 atom stereocenters. The first-order valence-corrected chi connectivity index (χ1v) is 7.01. The molecular weight excluding hydrogens is 240 g/mol. The number of nitrogens with one attached hydrogen (secondary N) is 1. The van der Waals surface area contributed by atoms with Gasteiger partial charge in [0.1, 0.15) is 11.9 Å². The Morgan fingerprint density at radius 1 is 1.37 bits per heavy atom. The molecule has 1 aromatic rings. The molecule has 5 heteroatoms. The molecule has 0 aromatic carbocycles. The predicted molar refractivity (Wildman–Crippen MR) is 76.5 cm³/mol. The van der Waals surface area contributed by atoms with Gasteiger partial charge in [0.05, 0.1) is 6.61 Å². The average Bonchev–Trinajstić information content (AvgIpc) is 2.40. The summed E-state index contributed by atoms with van der Waals surface area (Å²) in [5.74, 6) is 1.74. The molecule has 0 radical (unpaired) electrons. The summed E-state index contributed by atoms with van der Waals surface area (Å²) >= 11 is 0. The van der Waals surface area contributed by atoms with Crippen LogP contribution >= 0.6 is 0 Å². The Bertz CT molecular complexity index is 436. The van der Waals surface area contributed by atoms with Crippen LogP contribution < -0.4 is 5.32 Å². The zero-order chi connectivity index (χ0) is 13.8. The van der Waals surface area contributed by atoms with Gasteiger partial charge in [-0.3, -0.25) is 0 Å². The number of nitrogens with zero attached hydrogens (tertiary/aromatic N) is 3. The lowest BCUT2D eigenvalue weighted by molar-refractivity contribution is -0.0255. The largest absolute Gasteiger partial charge is 0.370 e. The third-order valence-corrected chi connectivity index (χ3v) is 3.51. The first-order valence-electron chi connectivity index (χ1n) is 7.01. The van der Waals surface area contributed by atoms with E-state index >= 15 is 0 Å². The maximum atomic E-state index is 5.79. The normalized spacial score (nSPS) is 20.5. The summed E-state index contributed by atoms with van der Waals surface area (Å²) in [5.41, 5.74) is 2.15. The molecular formula is C14H24N4O. The van der Waals surface area contributed by atoms with Crippen molar-refractivity contribution in [2.45, 2.75) is 33.3 Å². The summed E-state index contributed by atoms with van der Waals surface area (Å²) in [5, 5.41) is 3.37. The Kier molecular flexibility index (Phi) is 4.71. The van der Waals surface area contributed by atoms with Gasteiger partial charge in [0.2, 0.25) is 0 Å². The molecule has 1 saturated heterocycles. The minimum absolute atomic E-state index is 0.0137. The molecule has 0 amide bonds. The number of hydrogen-bond acceptors (Lipinski definition) is 5. The maximum absolute atomic E-state index is 5.79. The van der Waals surface area contributed by atoms with Gasteiger partial charge in [-0.05, 0) is 27.3 Å². The van der Waals surface area contributed by atoms with Crippen LogP contribution in [0, 0.1) is 13.8 Å². The number of aryl methyl sites for hydroxylation is 1. The van der Waals surface area contributed by atoms with Gasteiger partial charge < -0.3 is 15.0 Å². The van der Waals surface area contributed by atoms with E-state index in [1.54, 1.807) is 0 Å². The van der Waals surface area contributed by atoms with Gasteiger partial charge in [0, 0.05) is 30.9 Å². The van der Waals surface area contributed by atoms with Crippen LogP contribution in [0.1, 0.15) is 36.5 Å². The summed E-state index contributed by atoms with van der Waals surface area (Å²) in [4.78, 5) is 11.5. The quantitative estimate of drug-likeness (QED) is 0.900. The van der Waals surface area contributed by atoms with Crippen molar-refractivity contribution >= 4 is 5.82 Å². The zero-order valence-corrected chi connectivity index (χ0v) is 12.4. The third-order valence-electron chi connectivity index (χ3n) is 3.51. The minimum Gasteiger partial charge on any atom is -0.370 e. The third kappa shape index (κ3) is 3.42. The van der Waals surface area contributed by atoms with Crippen LogP contribution in [0.15, 0.2) is 0 Å². The molecule has 1 aromatic heterocycles. The zero-order valence-electron chi connectivity index (χ0n) is 12.4. The van der Waals surface area contributed by atoms with Crippen molar-refractivity contribution < 1.29 is 4.74 Å². The molecule has 1 aliphatic heterocycles. The molecule has 2 rings (SSSR count). The van der Waals surface area contributed by atoms with Crippen molar-refractivity contribution in [3.05, 3.63) is 17.1 Å². The van der Waals surface area contributed by atoms with Crippen molar-refractivity contribution in [1.82, 2.24) is 14.9 Å². The highest BCUT2D eigenvalue weighted by atomic mass is 16.5. The second kappa shape index (κ2) is 6.30. The summed E-state index contributed by atoms with van der Waals surface area (Å²) in [7, 11) is 2.10. The number of morpholine rings is 1. The average molecular weight is 264 g/mol. The summed E-state index contributed by atoms with van der Waals surface area (Å²) < 4.78 is 5.79. The number of hydrogen-bond donors (Lipinski definition) is 1. The standard InChI is InChI=1S/C14H24N4O/c1-5-6-15-13-10(2)11(3)16-14(17-13)12-9-18(4)7-8-19-12/h12H,5-9H2,1-4H3,(H,15,16,17). The first-order chi connectivity index (χ1) is 9.11. The van der Waals surface area contributed by atoms with E-state index in [4.69, 9.17) is 4.74 Å². The molecule has 1 aliphatic rings. The molecule has 5 nitrogen and oxygen atoms in total.